The molecule has 0 radical (unpaired) electrons. The zero-order valence-corrected chi connectivity index (χ0v) is 15.8. The van der Waals surface area contributed by atoms with E-state index in [0.717, 1.165) is 11.3 Å². The van der Waals surface area contributed by atoms with Crippen molar-refractivity contribution < 1.29 is 18.7 Å². The van der Waals surface area contributed by atoms with Crippen LogP contribution in [-0.2, 0) is 6.54 Å². The van der Waals surface area contributed by atoms with Crippen molar-refractivity contribution in [3.8, 4) is 11.5 Å². The summed E-state index contributed by atoms with van der Waals surface area (Å²) in [6.07, 6.45) is 1.64. The quantitative estimate of drug-likeness (QED) is 0.681. The number of hydrogen-bond donors (Lipinski definition) is 2. The first-order chi connectivity index (χ1) is 14.1. The number of rotatable bonds is 5. The molecule has 29 heavy (non-hydrogen) atoms. The number of nitrogens with one attached hydrogen (secondary N) is 2. The minimum atomic E-state index is -0.463. The number of hydrogen-bond acceptors (Lipinski definition) is 6. The number of fused-ring (bicyclic) bond motifs is 1. The Morgan fingerprint density at radius 2 is 1.93 bits per heavy atom. The number of aromatic nitrogens is 2. The summed E-state index contributed by atoms with van der Waals surface area (Å²) in [5.74, 6) is 1.05. The molecule has 9 heteroatoms. The number of benzene rings is 2. The first kappa shape index (κ1) is 18.5. The van der Waals surface area contributed by atoms with Crippen LogP contribution in [0.25, 0.3) is 0 Å². The minimum Gasteiger partial charge on any atom is -0.497 e. The fourth-order valence-electron chi connectivity index (χ4n) is 2.94. The van der Waals surface area contributed by atoms with E-state index < -0.39 is 5.82 Å². The van der Waals surface area contributed by atoms with E-state index >= 15 is 0 Å². The highest BCUT2D eigenvalue weighted by molar-refractivity contribution is 6.03. The Balaban J connectivity index is 1.54. The Morgan fingerprint density at radius 1 is 1.14 bits per heavy atom. The molecule has 2 amide bonds. The van der Waals surface area contributed by atoms with Gasteiger partial charge in [-0.1, -0.05) is 0 Å². The average Bonchev–Trinajstić information content (AvgIpc) is 2.74. The normalized spacial score (nSPS) is 12.8. The van der Waals surface area contributed by atoms with Gasteiger partial charge in [0.05, 0.1) is 20.8 Å². The maximum absolute atomic E-state index is 13.6. The maximum Gasteiger partial charge on any atom is 0.327 e. The maximum atomic E-state index is 13.6. The van der Waals surface area contributed by atoms with Gasteiger partial charge in [-0.05, 0) is 36.4 Å². The van der Waals surface area contributed by atoms with Crippen LogP contribution in [0.4, 0.5) is 32.3 Å². The van der Waals surface area contributed by atoms with Gasteiger partial charge in [0.2, 0.25) is 5.95 Å². The smallest absolute Gasteiger partial charge is 0.327 e. The predicted molar refractivity (Wildman–Crippen MR) is 106 cm³/mol. The third-order valence-corrected chi connectivity index (χ3v) is 4.45. The molecule has 0 aliphatic carbocycles. The fourth-order valence-corrected chi connectivity index (χ4v) is 2.94. The molecule has 148 valence electrons. The summed E-state index contributed by atoms with van der Waals surface area (Å²) in [6, 6.07) is 11.2. The number of carbonyl (C=O) groups excluding carboxylic acids is 1. The van der Waals surface area contributed by atoms with E-state index in [-0.39, 0.29) is 17.7 Å². The molecule has 3 aromatic rings. The molecule has 0 unspecified atom stereocenters. The average molecular weight is 395 g/mol. The highest BCUT2D eigenvalue weighted by Crippen LogP contribution is 2.29. The molecule has 0 atom stereocenters. The lowest BCUT2D eigenvalue weighted by atomic mass is 10.2. The summed E-state index contributed by atoms with van der Waals surface area (Å²) in [5.41, 5.74) is 2.06. The van der Waals surface area contributed by atoms with Gasteiger partial charge in [0.25, 0.3) is 0 Å². The van der Waals surface area contributed by atoms with Crippen LogP contribution in [0, 0.1) is 5.82 Å². The second-order valence-electron chi connectivity index (χ2n) is 6.26. The number of anilines is 4. The van der Waals surface area contributed by atoms with E-state index in [1.807, 2.05) is 12.1 Å². The summed E-state index contributed by atoms with van der Waals surface area (Å²) in [6.45, 7) is 0.331. The number of nitrogens with zero attached hydrogens (tertiary/aromatic N) is 3. The highest BCUT2D eigenvalue weighted by atomic mass is 19.1. The lowest BCUT2D eigenvalue weighted by Gasteiger charge is -2.28. The number of ether oxygens (including phenoxy) is 2. The molecule has 0 saturated carbocycles. The van der Waals surface area contributed by atoms with Crippen molar-refractivity contribution in [3.63, 3.8) is 0 Å². The van der Waals surface area contributed by atoms with Crippen molar-refractivity contribution in [1.82, 2.24) is 9.97 Å². The minimum absolute atomic E-state index is 0.108. The van der Waals surface area contributed by atoms with Gasteiger partial charge in [-0.15, -0.1) is 0 Å². The molecule has 4 rings (SSSR count). The second-order valence-corrected chi connectivity index (χ2v) is 6.26. The SMILES string of the molecule is COc1ccc(N2Cc3cnc(Nc4ccc(F)c(OC)c4)nc3NC2=O)cc1. The van der Waals surface area contributed by atoms with Crippen LogP contribution >= 0.6 is 0 Å². The number of carbonyl (C=O) groups is 1. The molecule has 2 N–H and O–H groups in total. The van der Waals surface area contributed by atoms with Crippen molar-refractivity contribution in [2.24, 2.45) is 0 Å². The number of methoxy groups -OCH3 is 2. The fraction of sp³-hybridized carbons (Fsp3) is 0.150. The Hall–Kier alpha value is -3.88. The molecule has 2 aromatic carbocycles. The molecular formula is C20H18FN5O3. The third kappa shape index (κ3) is 3.75. The first-order valence-corrected chi connectivity index (χ1v) is 8.76. The van der Waals surface area contributed by atoms with Crippen LogP contribution < -0.4 is 25.0 Å². The van der Waals surface area contributed by atoms with Gasteiger partial charge in [0.15, 0.2) is 11.6 Å². The number of amides is 2. The molecule has 0 saturated heterocycles. The molecule has 0 fully saturated rings. The highest BCUT2D eigenvalue weighted by Gasteiger charge is 2.25. The van der Waals surface area contributed by atoms with Crippen molar-refractivity contribution in [3.05, 3.63) is 60.0 Å². The number of halogens is 1. The van der Waals surface area contributed by atoms with Crippen molar-refractivity contribution in [2.45, 2.75) is 6.54 Å². The van der Waals surface area contributed by atoms with E-state index in [4.69, 9.17) is 9.47 Å². The molecule has 1 aliphatic rings. The van der Waals surface area contributed by atoms with Crippen LogP contribution in [0.3, 0.4) is 0 Å². The Morgan fingerprint density at radius 3 is 2.66 bits per heavy atom. The Labute approximate surface area is 166 Å². The van der Waals surface area contributed by atoms with Crippen LogP contribution in [0.1, 0.15) is 5.56 Å². The van der Waals surface area contributed by atoms with Crippen molar-refractivity contribution in [1.29, 1.82) is 0 Å². The summed E-state index contributed by atoms with van der Waals surface area (Å²) in [5, 5.41) is 5.75. The topological polar surface area (TPSA) is 88.6 Å². The van der Waals surface area contributed by atoms with Crippen LogP contribution in [0.5, 0.6) is 11.5 Å². The van der Waals surface area contributed by atoms with E-state index in [1.54, 1.807) is 36.4 Å². The van der Waals surface area contributed by atoms with Gasteiger partial charge in [-0.3, -0.25) is 10.2 Å². The van der Waals surface area contributed by atoms with E-state index in [0.29, 0.717) is 23.8 Å². The lowest BCUT2D eigenvalue weighted by molar-refractivity contribution is 0.256. The van der Waals surface area contributed by atoms with Crippen LogP contribution in [0.15, 0.2) is 48.7 Å². The Kier molecular flexibility index (Phi) is 4.86. The van der Waals surface area contributed by atoms with Gasteiger partial charge in [-0.25, -0.2) is 14.2 Å². The zero-order chi connectivity index (χ0) is 20.4. The molecule has 8 nitrogen and oxygen atoms in total. The predicted octanol–water partition coefficient (Wildman–Crippen LogP) is 3.93. The molecule has 1 aromatic heterocycles. The largest absolute Gasteiger partial charge is 0.497 e. The monoisotopic (exact) mass is 395 g/mol. The van der Waals surface area contributed by atoms with E-state index in [1.165, 1.54) is 19.2 Å². The van der Waals surface area contributed by atoms with Crippen LogP contribution in [-0.4, -0.2) is 30.2 Å². The summed E-state index contributed by atoms with van der Waals surface area (Å²) >= 11 is 0. The zero-order valence-electron chi connectivity index (χ0n) is 15.8. The number of urea groups is 1. The van der Waals surface area contributed by atoms with Crippen molar-refractivity contribution in [2.75, 3.05) is 29.8 Å². The third-order valence-electron chi connectivity index (χ3n) is 4.45. The lowest BCUT2D eigenvalue weighted by Crippen LogP contribution is -2.39. The molecule has 1 aliphatic heterocycles. The Bertz CT molecular complexity index is 1060. The molecular weight excluding hydrogens is 377 g/mol. The standard InChI is InChI=1S/C20H18FN5O3/c1-28-15-6-4-14(5-7-15)26-11-12-10-22-19(24-18(12)25-20(26)27)23-13-3-8-16(21)17(9-13)29-2/h3-10H,11H2,1-2H3,(H2,22,23,24,25,27). The van der Waals surface area contributed by atoms with Crippen LogP contribution in [0.2, 0.25) is 0 Å². The van der Waals surface area contributed by atoms with Gasteiger partial charge in [-0.2, -0.15) is 4.98 Å². The summed E-state index contributed by atoms with van der Waals surface area (Å²) < 4.78 is 23.7. The van der Waals surface area contributed by atoms with Crippen molar-refractivity contribution >= 4 is 29.2 Å². The summed E-state index contributed by atoms with van der Waals surface area (Å²) in [7, 11) is 2.98. The molecule has 0 bridgehead atoms. The van der Waals surface area contributed by atoms with Gasteiger partial charge in [0, 0.05) is 29.2 Å². The van der Waals surface area contributed by atoms with Gasteiger partial charge < -0.3 is 14.8 Å². The summed E-state index contributed by atoms with van der Waals surface area (Å²) in [4.78, 5) is 22.8. The first-order valence-electron chi connectivity index (χ1n) is 8.76. The molecule has 2 heterocycles. The molecule has 0 spiro atoms. The van der Waals surface area contributed by atoms with E-state index in [2.05, 4.69) is 20.6 Å². The second kappa shape index (κ2) is 7.63. The van der Waals surface area contributed by atoms with Gasteiger partial charge >= 0.3 is 6.03 Å². The van der Waals surface area contributed by atoms with Gasteiger partial charge in [0.1, 0.15) is 11.6 Å². The van der Waals surface area contributed by atoms with E-state index in [9.17, 15) is 9.18 Å².